The fraction of sp³-hybridized carbons (Fsp3) is 0.462. The number of hydrogen-bond donors (Lipinski definition) is 2. The van der Waals surface area contributed by atoms with E-state index < -0.39 is 0 Å². The number of amides is 2. The molecule has 1 heterocycles. The molecule has 2 N–H and O–H groups in total. The third-order valence-corrected chi connectivity index (χ3v) is 2.62. The maximum atomic E-state index is 11.6. The summed E-state index contributed by atoms with van der Waals surface area (Å²) < 4.78 is 5.41. The van der Waals surface area contributed by atoms with Crippen LogP contribution in [0.25, 0.3) is 0 Å². The number of urea groups is 1. The number of rotatable bonds is 3. The van der Waals surface area contributed by atoms with Gasteiger partial charge in [-0.15, -0.1) is 0 Å². The fourth-order valence-electron chi connectivity index (χ4n) is 1.74. The molecule has 0 unspecified atom stereocenters. The third-order valence-electron chi connectivity index (χ3n) is 2.62. The first-order chi connectivity index (χ1) is 8.15. The Hall–Kier alpha value is -1.71. The van der Waals surface area contributed by atoms with Gasteiger partial charge in [-0.05, 0) is 29.7 Å². The smallest absolute Gasteiger partial charge is 0.319 e. The van der Waals surface area contributed by atoms with Crippen molar-refractivity contribution in [2.45, 2.75) is 20.3 Å². The molecule has 2 amide bonds. The number of benzene rings is 1. The predicted molar refractivity (Wildman–Crippen MR) is 67.5 cm³/mol. The molecule has 92 valence electrons. The van der Waals surface area contributed by atoms with Crippen LogP contribution in [0.5, 0.6) is 5.75 Å². The number of fused-ring (bicyclic) bond motifs is 1. The lowest BCUT2D eigenvalue weighted by atomic mass is 10.1. The van der Waals surface area contributed by atoms with Gasteiger partial charge in [0.2, 0.25) is 0 Å². The summed E-state index contributed by atoms with van der Waals surface area (Å²) in [6.07, 6.45) is 0.915. The standard InChI is InChI=1S/C13H18N2O2/c1-9(2)8-14-13(16)15-11-3-4-12-10(7-11)5-6-17-12/h3-4,7,9H,5-6,8H2,1-2H3,(H2,14,15,16). The maximum Gasteiger partial charge on any atom is 0.319 e. The first kappa shape index (κ1) is 11.8. The van der Waals surface area contributed by atoms with Crippen LogP contribution < -0.4 is 15.4 Å². The van der Waals surface area contributed by atoms with Crippen molar-refractivity contribution in [2.75, 3.05) is 18.5 Å². The van der Waals surface area contributed by atoms with E-state index in [0.29, 0.717) is 12.5 Å². The van der Waals surface area contributed by atoms with E-state index in [2.05, 4.69) is 24.5 Å². The second-order valence-electron chi connectivity index (χ2n) is 4.65. The fourth-order valence-corrected chi connectivity index (χ4v) is 1.74. The van der Waals surface area contributed by atoms with Crippen molar-refractivity contribution in [2.24, 2.45) is 5.92 Å². The molecule has 1 aliphatic rings. The predicted octanol–water partition coefficient (Wildman–Crippen LogP) is 2.40. The summed E-state index contributed by atoms with van der Waals surface area (Å²) in [6.45, 7) is 5.54. The number of carbonyl (C=O) groups excluding carboxylic acids is 1. The summed E-state index contributed by atoms with van der Waals surface area (Å²) in [6, 6.07) is 5.58. The highest BCUT2D eigenvalue weighted by atomic mass is 16.5. The zero-order valence-electron chi connectivity index (χ0n) is 10.2. The minimum absolute atomic E-state index is 0.155. The van der Waals surface area contributed by atoms with Gasteiger partial charge in [0.25, 0.3) is 0 Å². The van der Waals surface area contributed by atoms with Gasteiger partial charge in [-0.25, -0.2) is 4.79 Å². The van der Waals surface area contributed by atoms with Crippen molar-refractivity contribution < 1.29 is 9.53 Å². The van der Waals surface area contributed by atoms with Crippen LogP contribution in [0.1, 0.15) is 19.4 Å². The molecular weight excluding hydrogens is 216 g/mol. The normalized spacial score (nSPS) is 13.1. The Labute approximate surface area is 101 Å². The molecule has 0 bridgehead atoms. The quantitative estimate of drug-likeness (QED) is 0.843. The van der Waals surface area contributed by atoms with Gasteiger partial charge in [-0.3, -0.25) is 0 Å². The molecule has 2 rings (SSSR count). The van der Waals surface area contributed by atoms with Crippen LogP contribution in [0.15, 0.2) is 18.2 Å². The highest BCUT2D eigenvalue weighted by Crippen LogP contribution is 2.27. The van der Waals surface area contributed by atoms with E-state index in [1.165, 1.54) is 0 Å². The Bertz CT molecular complexity index is 416. The molecule has 1 aromatic carbocycles. The average Bonchev–Trinajstić information content (AvgIpc) is 2.73. The van der Waals surface area contributed by atoms with Gasteiger partial charge in [-0.1, -0.05) is 13.8 Å². The van der Waals surface area contributed by atoms with E-state index in [9.17, 15) is 4.79 Å². The maximum absolute atomic E-state index is 11.6. The molecule has 17 heavy (non-hydrogen) atoms. The van der Waals surface area contributed by atoms with Crippen LogP contribution in [-0.4, -0.2) is 19.2 Å². The Morgan fingerprint density at radius 3 is 3.06 bits per heavy atom. The zero-order chi connectivity index (χ0) is 12.3. The molecule has 1 aliphatic heterocycles. The van der Waals surface area contributed by atoms with Gasteiger partial charge >= 0.3 is 6.03 Å². The van der Waals surface area contributed by atoms with Crippen molar-refractivity contribution in [1.82, 2.24) is 5.32 Å². The molecule has 0 saturated heterocycles. The first-order valence-corrected chi connectivity index (χ1v) is 5.96. The lowest BCUT2D eigenvalue weighted by Gasteiger charge is -2.10. The molecule has 0 radical (unpaired) electrons. The summed E-state index contributed by atoms with van der Waals surface area (Å²) in [5.41, 5.74) is 1.97. The lowest BCUT2D eigenvalue weighted by molar-refractivity contribution is 0.251. The Morgan fingerprint density at radius 1 is 1.47 bits per heavy atom. The van der Waals surface area contributed by atoms with E-state index >= 15 is 0 Å². The number of carbonyl (C=O) groups is 1. The number of anilines is 1. The minimum Gasteiger partial charge on any atom is -0.493 e. The lowest BCUT2D eigenvalue weighted by Crippen LogP contribution is -2.31. The molecule has 4 heteroatoms. The average molecular weight is 234 g/mol. The molecule has 1 aromatic rings. The molecule has 0 atom stereocenters. The van der Waals surface area contributed by atoms with Gasteiger partial charge in [0.15, 0.2) is 0 Å². The van der Waals surface area contributed by atoms with E-state index in [0.717, 1.165) is 30.0 Å². The van der Waals surface area contributed by atoms with Gasteiger partial charge in [-0.2, -0.15) is 0 Å². The van der Waals surface area contributed by atoms with Crippen LogP contribution in [0.2, 0.25) is 0 Å². The van der Waals surface area contributed by atoms with Crippen molar-refractivity contribution >= 4 is 11.7 Å². The van der Waals surface area contributed by atoms with Gasteiger partial charge in [0.1, 0.15) is 5.75 Å². The first-order valence-electron chi connectivity index (χ1n) is 5.96. The van der Waals surface area contributed by atoms with E-state index in [-0.39, 0.29) is 6.03 Å². The third kappa shape index (κ3) is 3.12. The summed E-state index contributed by atoms with van der Waals surface area (Å²) in [5.74, 6) is 1.38. The van der Waals surface area contributed by atoms with Crippen molar-refractivity contribution in [3.8, 4) is 5.75 Å². The number of nitrogens with one attached hydrogen (secondary N) is 2. The van der Waals surface area contributed by atoms with Crippen LogP contribution in [0, 0.1) is 5.92 Å². The summed E-state index contributed by atoms with van der Waals surface area (Å²) in [5, 5.41) is 5.64. The molecular formula is C13H18N2O2. The van der Waals surface area contributed by atoms with Gasteiger partial charge in [0.05, 0.1) is 6.61 Å². The van der Waals surface area contributed by atoms with Crippen LogP contribution in [-0.2, 0) is 6.42 Å². The highest BCUT2D eigenvalue weighted by molar-refractivity contribution is 5.89. The van der Waals surface area contributed by atoms with Crippen LogP contribution in [0.3, 0.4) is 0 Å². The van der Waals surface area contributed by atoms with Gasteiger partial charge in [0, 0.05) is 18.7 Å². The second-order valence-corrected chi connectivity index (χ2v) is 4.65. The Kier molecular flexibility index (Phi) is 3.52. The molecule has 0 aliphatic carbocycles. The van der Waals surface area contributed by atoms with Crippen LogP contribution >= 0.6 is 0 Å². The largest absolute Gasteiger partial charge is 0.493 e. The van der Waals surface area contributed by atoms with E-state index in [4.69, 9.17) is 4.74 Å². The SMILES string of the molecule is CC(C)CNC(=O)Nc1ccc2c(c1)CCO2. The number of hydrogen-bond acceptors (Lipinski definition) is 2. The molecule has 0 aromatic heterocycles. The summed E-state index contributed by atoms with van der Waals surface area (Å²) >= 11 is 0. The summed E-state index contributed by atoms with van der Waals surface area (Å²) in [7, 11) is 0. The second kappa shape index (κ2) is 5.08. The molecule has 0 spiro atoms. The number of ether oxygens (including phenoxy) is 1. The monoisotopic (exact) mass is 234 g/mol. The Balaban J connectivity index is 1.92. The Morgan fingerprint density at radius 2 is 2.29 bits per heavy atom. The van der Waals surface area contributed by atoms with E-state index in [1.54, 1.807) is 0 Å². The van der Waals surface area contributed by atoms with Crippen molar-refractivity contribution in [1.29, 1.82) is 0 Å². The topological polar surface area (TPSA) is 50.4 Å². The van der Waals surface area contributed by atoms with Crippen molar-refractivity contribution in [3.63, 3.8) is 0 Å². The highest BCUT2D eigenvalue weighted by Gasteiger charge is 2.12. The van der Waals surface area contributed by atoms with Crippen LogP contribution in [0.4, 0.5) is 10.5 Å². The summed E-state index contributed by atoms with van der Waals surface area (Å²) in [4.78, 5) is 11.6. The molecule has 0 fully saturated rings. The zero-order valence-corrected chi connectivity index (χ0v) is 10.2. The van der Waals surface area contributed by atoms with Crippen molar-refractivity contribution in [3.05, 3.63) is 23.8 Å². The molecule has 0 saturated carbocycles. The molecule has 4 nitrogen and oxygen atoms in total. The van der Waals surface area contributed by atoms with Gasteiger partial charge < -0.3 is 15.4 Å². The van der Waals surface area contributed by atoms with E-state index in [1.807, 2.05) is 18.2 Å². The minimum atomic E-state index is -0.155.